The zero-order valence-corrected chi connectivity index (χ0v) is 25.5. The van der Waals surface area contributed by atoms with E-state index in [2.05, 4.69) is 10.6 Å². The molecule has 2 unspecified atom stereocenters. The quantitative estimate of drug-likeness (QED) is 0.322. The Morgan fingerprint density at radius 2 is 1.24 bits per heavy atom. The summed E-state index contributed by atoms with van der Waals surface area (Å²) in [6.45, 7) is 12.1. The maximum absolute atomic E-state index is 13.5. The standard InChI is InChI=1S/C27H44N2O13/c1-25(2,3)42-24(33)29-12(16-18(34-8)20-22(36-16)40-26(4,5)38-20)10-14(30)28-13(11-15(31)32)17-19(35-9)21-23(37-17)41-27(6,7)39-21/h12-13,16-23H,10-11H2,1-9H3,(H,28,30)(H,29,33)(H,31,32)/t12?,13?,16-,17+,18-,19-,20+,21+,22+,23+/m0/s1. The third-order valence-electron chi connectivity index (χ3n) is 7.24. The molecule has 2 amide bonds. The molecule has 4 heterocycles. The highest BCUT2D eigenvalue weighted by atomic mass is 16.9. The molecule has 0 bridgehead atoms. The number of hydrogen-bond acceptors (Lipinski definition) is 12. The van der Waals surface area contributed by atoms with Crippen molar-refractivity contribution in [3.63, 3.8) is 0 Å². The predicted molar refractivity (Wildman–Crippen MR) is 141 cm³/mol. The zero-order valence-electron chi connectivity index (χ0n) is 25.5. The molecule has 42 heavy (non-hydrogen) atoms. The van der Waals surface area contributed by atoms with Gasteiger partial charge in [-0.25, -0.2) is 4.79 Å². The second-order valence-electron chi connectivity index (χ2n) is 12.8. The number of fused-ring (bicyclic) bond motifs is 2. The summed E-state index contributed by atoms with van der Waals surface area (Å²) >= 11 is 0. The van der Waals surface area contributed by atoms with Gasteiger partial charge in [-0.1, -0.05) is 0 Å². The summed E-state index contributed by atoms with van der Waals surface area (Å²) in [5.41, 5.74) is -0.806. The van der Waals surface area contributed by atoms with E-state index in [-0.39, 0.29) is 6.42 Å². The smallest absolute Gasteiger partial charge is 0.407 e. The van der Waals surface area contributed by atoms with E-state index < -0.39 is 103 Å². The Bertz CT molecular complexity index is 1010. The van der Waals surface area contributed by atoms with Crippen LogP contribution in [0.15, 0.2) is 0 Å². The molecular formula is C27H44N2O13. The van der Waals surface area contributed by atoms with E-state index in [0.29, 0.717) is 0 Å². The Labute approximate surface area is 245 Å². The van der Waals surface area contributed by atoms with E-state index in [9.17, 15) is 19.5 Å². The molecule has 0 aromatic carbocycles. The number of alkyl carbamates (subject to hydrolysis) is 1. The minimum Gasteiger partial charge on any atom is -0.481 e. The summed E-state index contributed by atoms with van der Waals surface area (Å²) in [5, 5.41) is 15.1. The van der Waals surface area contributed by atoms with Crippen LogP contribution in [0.2, 0.25) is 0 Å². The average molecular weight is 605 g/mol. The average Bonchev–Trinajstić information content (AvgIpc) is 3.50. The van der Waals surface area contributed by atoms with E-state index in [1.165, 1.54) is 14.2 Å². The van der Waals surface area contributed by atoms with Crippen molar-refractivity contribution in [1.29, 1.82) is 0 Å². The molecule has 15 heteroatoms. The fraction of sp³-hybridized carbons (Fsp3) is 0.889. The molecule has 4 rings (SSSR count). The second kappa shape index (κ2) is 12.1. The van der Waals surface area contributed by atoms with Crippen molar-refractivity contribution in [2.45, 2.75) is 140 Å². The molecule has 4 aliphatic heterocycles. The van der Waals surface area contributed by atoms with E-state index in [1.807, 2.05) is 0 Å². The van der Waals surface area contributed by atoms with Crippen molar-refractivity contribution in [1.82, 2.24) is 10.6 Å². The lowest BCUT2D eigenvalue weighted by Crippen LogP contribution is -2.55. The van der Waals surface area contributed by atoms with Crippen molar-refractivity contribution in [2.24, 2.45) is 0 Å². The summed E-state index contributed by atoms with van der Waals surface area (Å²) in [6, 6.07) is -1.98. The van der Waals surface area contributed by atoms with Gasteiger partial charge in [0.05, 0.1) is 18.5 Å². The number of carboxylic acid groups (broad SMARTS) is 1. The van der Waals surface area contributed by atoms with Gasteiger partial charge < -0.3 is 58.4 Å². The van der Waals surface area contributed by atoms with Gasteiger partial charge in [0.15, 0.2) is 24.2 Å². The SMILES string of the molecule is CO[C@@H]1[C@H]2OC(C)(C)O[C@H]2O[C@@H]1C(CC(=O)O)NC(=O)CC(NC(=O)OC(C)(C)C)[C@@H]1O[C@@H]2OC(C)(C)O[C@@H]2[C@H]1OC. The van der Waals surface area contributed by atoms with Crippen LogP contribution in [0.4, 0.5) is 4.79 Å². The number of hydrogen-bond donors (Lipinski definition) is 3. The highest BCUT2D eigenvalue weighted by Gasteiger charge is 2.59. The van der Waals surface area contributed by atoms with Crippen LogP contribution in [-0.2, 0) is 52.2 Å². The van der Waals surface area contributed by atoms with Crippen LogP contribution in [0.1, 0.15) is 61.3 Å². The van der Waals surface area contributed by atoms with Gasteiger partial charge in [0, 0.05) is 20.6 Å². The van der Waals surface area contributed by atoms with Crippen molar-refractivity contribution in [3.05, 3.63) is 0 Å². The second-order valence-corrected chi connectivity index (χ2v) is 12.8. The third kappa shape index (κ3) is 7.50. The molecule has 0 saturated carbocycles. The van der Waals surface area contributed by atoms with Gasteiger partial charge in [0.25, 0.3) is 0 Å². The molecule has 0 aliphatic carbocycles. The highest BCUT2D eigenvalue weighted by Crippen LogP contribution is 2.41. The van der Waals surface area contributed by atoms with Gasteiger partial charge in [-0.3, -0.25) is 9.59 Å². The minimum absolute atomic E-state index is 0.319. The van der Waals surface area contributed by atoms with Gasteiger partial charge >= 0.3 is 12.1 Å². The number of amides is 2. The Hall–Kier alpha value is -2.11. The van der Waals surface area contributed by atoms with Crippen molar-refractivity contribution in [2.75, 3.05) is 14.2 Å². The van der Waals surface area contributed by atoms with Crippen LogP contribution in [0.5, 0.6) is 0 Å². The van der Waals surface area contributed by atoms with E-state index in [4.69, 9.17) is 42.6 Å². The fourth-order valence-corrected chi connectivity index (χ4v) is 5.80. The fourth-order valence-electron chi connectivity index (χ4n) is 5.80. The van der Waals surface area contributed by atoms with Gasteiger partial charge in [0.2, 0.25) is 5.91 Å². The first-order valence-corrected chi connectivity index (χ1v) is 14.0. The highest BCUT2D eigenvalue weighted by molar-refractivity contribution is 5.79. The molecule has 10 atom stereocenters. The number of carbonyl (C=O) groups excluding carboxylic acids is 2. The normalized spacial score (nSPS) is 36.1. The number of ether oxygens (including phenoxy) is 9. The van der Waals surface area contributed by atoms with Gasteiger partial charge in [-0.05, 0) is 48.5 Å². The first-order valence-electron chi connectivity index (χ1n) is 14.0. The monoisotopic (exact) mass is 604 g/mol. The predicted octanol–water partition coefficient (Wildman–Crippen LogP) is 1.01. The Balaban J connectivity index is 1.51. The molecule has 15 nitrogen and oxygen atoms in total. The minimum atomic E-state index is -1.16. The Kier molecular flexibility index (Phi) is 9.46. The maximum atomic E-state index is 13.5. The number of carbonyl (C=O) groups is 3. The van der Waals surface area contributed by atoms with Crippen LogP contribution in [-0.4, -0.2) is 116 Å². The van der Waals surface area contributed by atoms with Crippen LogP contribution in [0.25, 0.3) is 0 Å². The summed E-state index contributed by atoms with van der Waals surface area (Å²) in [7, 11) is 2.92. The first-order chi connectivity index (χ1) is 19.4. The summed E-state index contributed by atoms with van der Waals surface area (Å²) < 4.78 is 52.3. The molecule has 4 aliphatic rings. The van der Waals surface area contributed by atoms with Gasteiger partial charge in [-0.2, -0.15) is 0 Å². The lowest BCUT2D eigenvalue weighted by Gasteiger charge is -2.33. The first kappa shape index (κ1) is 32.8. The summed E-state index contributed by atoms with van der Waals surface area (Å²) in [6.07, 6.45) is -7.57. The topological polar surface area (TPSA) is 179 Å². The molecule has 240 valence electrons. The third-order valence-corrected chi connectivity index (χ3v) is 7.24. The molecule has 0 spiro atoms. The van der Waals surface area contributed by atoms with Gasteiger partial charge in [-0.15, -0.1) is 0 Å². The number of rotatable bonds is 10. The van der Waals surface area contributed by atoms with Crippen LogP contribution < -0.4 is 10.6 Å². The molecule has 0 aromatic rings. The molecular weight excluding hydrogens is 560 g/mol. The van der Waals surface area contributed by atoms with Crippen LogP contribution >= 0.6 is 0 Å². The zero-order chi connectivity index (χ0) is 31.2. The Morgan fingerprint density at radius 1 is 0.786 bits per heavy atom. The summed E-state index contributed by atoms with van der Waals surface area (Å²) in [4.78, 5) is 38.1. The number of carboxylic acids is 1. The molecule has 4 saturated heterocycles. The lowest BCUT2D eigenvalue weighted by atomic mass is 9.98. The Morgan fingerprint density at radius 3 is 1.64 bits per heavy atom. The molecule has 0 radical (unpaired) electrons. The van der Waals surface area contributed by atoms with Crippen LogP contribution in [0.3, 0.4) is 0 Å². The van der Waals surface area contributed by atoms with Crippen LogP contribution in [0, 0.1) is 0 Å². The lowest BCUT2D eigenvalue weighted by molar-refractivity contribution is -0.220. The molecule has 0 aromatic heterocycles. The van der Waals surface area contributed by atoms with Crippen molar-refractivity contribution in [3.8, 4) is 0 Å². The van der Waals surface area contributed by atoms with E-state index >= 15 is 0 Å². The molecule has 4 fully saturated rings. The van der Waals surface area contributed by atoms with Crippen molar-refractivity contribution >= 4 is 18.0 Å². The number of methoxy groups -OCH3 is 2. The van der Waals surface area contributed by atoms with Gasteiger partial charge in [0.1, 0.15) is 42.2 Å². The summed E-state index contributed by atoms with van der Waals surface area (Å²) in [5.74, 6) is -3.57. The van der Waals surface area contributed by atoms with E-state index in [1.54, 1.807) is 48.5 Å². The maximum Gasteiger partial charge on any atom is 0.407 e. The van der Waals surface area contributed by atoms with Crippen molar-refractivity contribution < 1.29 is 62.1 Å². The number of aliphatic carboxylic acids is 1. The number of nitrogens with one attached hydrogen (secondary N) is 2. The largest absolute Gasteiger partial charge is 0.481 e. The molecule has 3 N–H and O–H groups in total. The van der Waals surface area contributed by atoms with E-state index in [0.717, 1.165) is 0 Å².